The van der Waals surface area contributed by atoms with Gasteiger partial charge in [-0.3, -0.25) is 0 Å². The van der Waals surface area contributed by atoms with Crippen molar-refractivity contribution in [1.82, 2.24) is 0 Å². The highest BCUT2D eigenvalue weighted by Crippen LogP contribution is 2.38. The number of ether oxygens (including phenoxy) is 1. The number of rotatable bonds is 6. The molecule has 0 atom stereocenters. The van der Waals surface area contributed by atoms with Crippen molar-refractivity contribution in [2.75, 3.05) is 0 Å². The third-order valence-corrected chi connectivity index (χ3v) is 6.63. The van der Waals surface area contributed by atoms with Crippen LogP contribution in [0.25, 0.3) is 11.1 Å². The van der Waals surface area contributed by atoms with Gasteiger partial charge in [0.25, 0.3) is 0 Å². The van der Waals surface area contributed by atoms with E-state index in [1.54, 1.807) is 18.2 Å². The summed E-state index contributed by atoms with van der Waals surface area (Å²) in [6.45, 7) is 4.30. The second-order valence-corrected chi connectivity index (χ2v) is 8.89. The molecule has 0 saturated heterocycles. The zero-order valence-corrected chi connectivity index (χ0v) is 18.6. The minimum Gasteiger partial charge on any atom is -0.486 e. The van der Waals surface area contributed by atoms with E-state index in [1.807, 2.05) is 37.3 Å². The summed E-state index contributed by atoms with van der Waals surface area (Å²) in [5.41, 5.74) is 3.51. The van der Waals surface area contributed by atoms with E-state index in [9.17, 15) is 13.2 Å². The molecule has 168 valence electrons. The lowest BCUT2D eigenvalue weighted by atomic mass is 9.79. The Morgan fingerprint density at radius 3 is 2.16 bits per heavy atom. The maximum absolute atomic E-state index is 14.7. The van der Waals surface area contributed by atoms with Gasteiger partial charge in [0.05, 0.1) is 0 Å². The van der Waals surface area contributed by atoms with Crippen LogP contribution in [0, 0.1) is 23.4 Å². The second-order valence-electron chi connectivity index (χ2n) is 8.89. The van der Waals surface area contributed by atoms with Crippen molar-refractivity contribution in [3.05, 3.63) is 88.7 Å². The fraction of sp³-hybridized carbons (Fsp3) is 0.357. The first-order valence-electron chi connectivity index (χ1n) is 11.4. The van der Waals surface area contributed by atoms with Gasteiger partial charge < -0.3 is 4.74 Å². The van der Waals surface area contributed by atoms with Crippen LogP contribution in [0.4, 0.5) is 13.2 Å². The van der Waals surface area contributed by atoms with Crippen molar-refractivity contribution < 1.29 is 17.9 Å². The Morgan fingerprint density at radius 1 is 0.812 bits per heavy atom. The molecule has 0 aliphatic heterocycles. The smallest absolute Gasteiger partial charge is 0.200 e. The van der Waals surface area contributed by atoms with Crippen LogP contribution in [0.15, 0.2) is 54.6 Å². The zero-order valence-electron chi connectivity index (χ0n) is 18.6. The van der Waals surface area contributed by atoms with E-state index in [0.717, 1.165) is 48.8 Å². The van der Waals surface area contributed by atoms with Crippen LogP contribution in [0.3, 0.4) is 0 Å². The lowest BCUT2D eigenvalue weighted by molar-refractivity contribution is 0.282. The molecule has 1 saturated carbocycles. The third-order valence-electron chi connectivity index (χ3n) is 6.63. The van der Waals surface area contributed by atoms with Gasteiger partial charge in [-0.05, 0) is 65.5 Å². The fourth-order valence-electron chi connectivity index (χ4n) is 4.50. The number of halogens is 3. The van der Waals surface area contributed by atoms with Crippen LogP contribution in [-0.4, -0.2) is 0 Å². The second kappa shape index (κ2) is 9.81. The van der Waals surface area contributed by atoms with Crippen molar-refractivity contribution in [1.29, 1.82) is 0 Å². The Bertz CT molecular complexity index is 1070. The molecule has 0 unspecified atom stereocenters. The van der Waals surface area contributed by atoms with Crippen LogP contribution in [0.1, 0.15) is 62.1 Å². The lowest BCUT2D eigenvalue weighted by Crippen LogP contribution is -2.13. The van der Waals surface area contributed by atoms with Gasteiger partial charge in [-0.1, -0.05) is 69.2 Å². The monoisotopic (exact) mass is 438 g/mol. The Balaban J connectivity index is 1.43. The van der Waals surface area contributed by atoms with E-state index in [4.69, 9.17) is 4.74 Å². The molecule has 0 aromatic heterocycles. The van der Waals surface area contributed by atoms with Crippen LogP contribution in [-0.2, 0) is 13.0 Å². The lowest BCUT2D eigenvalue weighted by Gasteiger charge is -2.27. The summed E-state index contributed by atoms with van der Waals surface area (Å²) in [7, 11) is 0. The van der Waals surface area contributed by atoms with Gasteiger partial charge >= 0.3 is 0 Å². The summed E-state index contributed by atoms with van der Waals surface area (Å²) in [5, 5.41) is 0. The number of aryl methyl sites for hydroxylation is 1. The van der Waals surface area contributed by atoms with Gasteiger partial charge in [-0.25, -0.2) is 8.78 Å². The SMILES string of the molecule is CCc1ccc(-c2ccc(COc3ccc(C4CCC(C)CC4)c(F)c3F)cc2)c(F)c1. The summed E-state index contributed by atoms with van der Waals surface area (Å²) < 4.78 is 49.3. The van der Waals surface area contributed by atoms with Gasteiger partial charge in [-0.2, -0.15) is 4.39 Å². The molecule has 1 fully saturated rings. The van der Waals surface area contributed by atoms with E-state index < -0.39 is 11.6 Å². The van der Waals surface area contributed by atoms with Crippen LogP contribution < -0.4 is 4.74 Å². The number of hydrogen-bond donors (Lipinski definition) is 0. The normalized spacial score (nSPS) is 18.5. The van der Waals surface area contributed by atoms with Crippen molar-refractivity contribution in [3.63, 3.8) is 0 Å². The van der Waals surface area contributed by atoms with Crippen molar-refractivity contribution in [3.8, 4) is 16.9 Å². The van der Waals surface area contributed by atoms with Gasteiger partial charge in [0.1, 0.15) is 12.4 Å². The average Bonchev–Trinajstić information content (AvgIpc) is 2.81. The largest absolute Gasteiger partial charge is 0.486 e. The van der Waals surface area contributed by atoms with E-state index in [-0.39, 0.29) is 24.1 Å². The van der Waals surface area contributed by atoms with Crippen LogP contribution in [0.5, 0.6) is 5.75 Å². The van der Waals surface area contributed by atoms with Crippen LogP contribution in [0.2, 0.25) is 0 Å². The molecule has 1 aliphatic carbocycles. The maximum atomic E-state index is 14.7. The molecule has 3 aromatic rings. The first-order chi connectivity index (χ1) is 15.5. The quantitative estimate of drug-likeness (QED) is 0.377. The minimum absolute atomic E-state index is 0.0779. The third kappa shape index (κ3) is 4.85. The van der Waals surface area contributed by atoms with Gasteiger partial charge in [0, 0.05) is 5.56 Å². The summed E-state index contributed by atoms with van der Waals surface area (Å²) in [6.07, 6.45) is 4.67. The minimum atomic E-state index is -0.921. The molecule has 1 aliphatic rings. The molecule has 0 N–H and O–H groups in total. The first-order valence-corrected chi connectivity index (χ1v) is 11.4. The predicted octanol–water partition coefficient (Wildman–Crippen LogP) is 8.21. The topological polar surface area (TPSA) is 9.23 Å². The van der Waals surface area contributed by atoms with E-state index in [1.165, 1.54) is 6.07 Å². The molecule has 32 heavy (non-hydrogen) atoms. The molecule has 1 nitrogen and oxygen atoms in total. The highest BCUT2D eigenvalue weighted by atomic mass is 19.2. The average molecular weight is 439 g/mol. The molecular weight excluding hydrogens is 409 g/mol. The molecule has 0 radical (unpaired) electrons. The maximum Gasteiger partial charge on any atom is 0.200 e. The van der Waals surface area contributed by atoms with Gasteiger partial charge in [0.2, 0.25) is 5.82 Å². The van der Waals surface area contributed by atoms with E-state index >= 15 is 0 Å². The Kier molecular flexibility index (Phi) is 6.88. The van der Waals surface area contributed by atoms with Gasteiger partial charge in [0.15, 0.2) is 11.6 Å². The summed E-state index contributed by atoms with van der Waals surface area (Å²) in [6, 6.07) is 15.7. The van der Waals surface area contributed by atoms with Gasteiger partial charge in [-0.15, -0.1) is 0 Å². The summed E-state index contributed by atoms with van der Waals surface area (Å²) in [5.74, 6) is -1.31. The molecule has 3 aromatic carbocycles. The van der Waals surface area contributed by atoms with Crippen molar-refractivity contribution >= 4 is 0 Å². The van der Waals surface area contributed by atoms with Crippen LogP contribution >= 0.6 is 0 Å². The fourth-order valence-corrected chi connectivity index (χ4v) is 4.50. The van der Waals surface area contributed by atoms with E-state index in [2.05, 4.69) is 6.92 Å². The highest BCUT2D eigenvalue weighted by Gasteiger charge is 2.25. The van der Waals surface area contributed by atoms with Crippen molar-refractivity contribution in [2.24, 2.45) is 5.92 Å². The molecule has 0 bridgehead atoms. The Morgan fingerprint density at radius 2 is 1.50 bits per heavy atom. The van der Waals surface area contributed by atoms with E-state index in [0.29, 0.717) is 17.0 Å². The number of benzene rings is 3. The van der Waals surface area contributed by atoms with Crippen molar-refractivity contribution in [2.45, 2.75) is 58.5 Å². The predicted molar refractivity (Wildman–Crippen MR) is 122 cm³/mol. The molecule has 4 heteroatoms. The number of hydrogen-bond acceptors (Lipinski definition) is 1. The molecule has 0 heterocycles. The molecule has 0 amide bonds. The first kappa shape index (κ1) is 22.4. The Hall–Kier alpha value is -2.75. The zero-order chi connectivity index (χ0) is 22.7. The highest BCUT2D eigenvalue weighted by molar-refractivity contribution is 5.64. The molecular formula is C28H29F3O. The standard InChI is InChI=1S/C28H29F3O/c1-3-19-8-13-23(25(29)16-19)21-11-6-20(7-12-21)17-32-26-15-14-24(27(30)28(26)31)22-9-4-18(2)5-10-22/h6-8,11-16,18,22H,3-5,9-10,17H2,1-2H3. The summed E-state index contributed by atoms with van der Waals surface area (Å²) in [4.78, 5) is 0. The molecule has 4 rings (SSSR count). The summed E-state index contributed by atoms with van der Waals surface area (Å²) >= 11 is 0. The molecule has 0 spiro atoms. The Labute approximate surface area is 188 Å².